The smallest absolute Gasteiger partial charge is 0.193 e. The Labute approximate surface area is 143 Å². The average Bonchev–Trinajstić information content (AvgIpc) is 2.38. The molecule has 1 aliphatic heterocycles. The second-order valence-electron chi connectivity index (χ2n) is 8.34. The van der Waals surface area contributed by atoms with E-state index >= 15 is 0 Å². The summed E-state index contributed by atoms with van der Waals surface area (Å²) >= 11 is 0. The van der Waals surface area contributed by atoms with Crippen LogP contribution in [-0.4, -0.2) is 37.7 Å². The molecule has 1 heterocycles. The van der Waals surface area contributed by atoms with Crippen LogP contribution < -0.4 is 0 Å². The molecule has 0 amide bonds. The zero-order chi connectivity index (χ0) is 17.7. The van der Waals surface area contributed by atoms with Crippen molar-refractivity contribution in [3.05, 3.63) is 30.2 Å². The van der Waals surface area contributed by atoms with E-state index in [-0.39, 0.29) is 16.4 Å². The summed E-state index contributed by atoms with van der Waals surface area (Å²) in [5.41, 5.74) is 2.98. The number of nitrogens with zero attached hydrogens (tertiary/aromatic N) is 1. The van der Waals surface area contributed by atoms with Crippen LogP contribution in [0.3, 0.4) is 0 Å². The minimum absolute atomic E-state index is 0.208. The maximum absolute atomic E-state index is 11.1. The van der Waals surface area contributed by atoms with E-state index in [0.29, 0.717) is 6.42 Å². The van der Waals surface area contributed by atoms with Gasteiger partial charge in [-0.25, -0.2) is 0 Å². The quantitative estimate of drug-likeness (QED) is 0.521. The molecule has 3 nitrogen and oxygen atoms in total. The molecule has 0 aromatic rings. The van der Waals surface area contributed by atoms with Crippen LogP contribution in [0, 0.1) is 0 Å². The SMILES string of the molecule is CC(C)(C=C=CCCN1C=CC(=O)CC1)O[Si](C)(C)C(C)(C)C. The topological polar surface area (TPSA) is 29.5 Å². The molecule has 0 aromatic heterocycles. The molecule has 0 bridgehead atoms. The lowest BCUT2D eigenvalue weighted by molar-refractivity contribution is -0.115. The van der Waals surface area contributed by atoms with Crippen LogP contribution in [0.25, 0.3) is 0 Å². The molecular formula is C19H33NO2Si. The first-order chi connectivity index (χ1) is 10.4. The molecular weight excluding hydrogens is 302 g/mol. The predicted octanol–water partition coefficient (Wildman–Crippen LogP) is 4.68. The Hall–Kier alpha value is -1.09. The summed E-state index contributed by atoms with van der Waals surface area (Å²) in [5, 5.41) is 0.208. The number of rotatable bonds is 6. The van der Waals surface area contributed by atoms with Crippen LogP contribution in [0.2, 0.25) is 18.1 Å². The minimum Gasteiger partial charge on any atom is -0.408 e. The number of ketones is 1. The summed E-state index contributed by atoms with van der Waals surface area (Å²) in [7, 11) is -1.78. The molecule has 1 aliphatic rings. The second-order valence-corrected chi connectivity index (χ2v) is 13.1. The molecule has 0 aromatic carbocycles. The fourth-order valence-corrected chi connectivity index (χ4v) is 3.88. The molecule has 0 fully saturated rings. The van der Waals surface area contributed by atoms with Crippen molar-refractivity contribution in [1.82, 2.24) is 4.90 Å². The van der Waals surface area contributed by atoms with Crippen molar-refractivity contribution in [2.75, 3.05) is 13.1 Å². The van der Waals surface area contributed by atoms with Gasteiger partial charge in [0.15, 0.2) is 14.1 Å². The van der Waals surface area contributed by atoms with Crippen LogP contribution >= 0.6 is 0 Å². The molecule has 0 saturated heterocycles. The molecule has 0 unspecified atom stereocenters. The van der Waals surface area contributed by atoms with E-state index in [0.717, 1.165) is 19.5 Å². The van der Waals surface area contributed by atoms with Crippen LogP contribution in [0.5, 0.6) is 0 Å². The molecule has 130 valence electrons. The molecule has 23 heavy (non-hydrogen) atoms. The minimum atomic E-state index is -1.78. The van der Waals surface area contributed by atoms with Crippen molar-refractivity contribution < 1.29 is 9.22 Å². The Kier molecular flexibility index (Phi) is 6.64. The van der Waals surface area contributed by atoms with Gasteiger partial charge in [0.2, 0.25) is 0 Å². The average molecular weight is 336 g/mol. The summed E-state index contributed by atoms with van der Waals surface area (Å²) < 4.78 is 6.44. The zero-order valence-corrected chi connectivity index (χ0v) is 16.9. The van der Waals surface area contributed by atoms with Gasteiger partial charge in [0.1, 0.15) is 0 Å². The molecule has 1 rings (SSSR count). The molecule has 0 radical (unpaired) electrons. The number of carbonyl (C=O) groups excluding carboxylic acids is 1. The van der Waals surface area contributed by atoms with Crippen molar-refractivity contribution in [1.29, 1.82) is 0 Å². The summed E-state index contributed by atoms with van der Waals surface area (Å²) in [4.78, 5) is 13.3. The highest BCUT2D eigenvalue weighted by atomic mass is 28.4. The fourth-order valence-electron chi connectivity index (χ4n) is 2.20. The van der Waals surface area contributed by atoms with Gasteiger partial charge in [0.25, 0.3) is 0 Å². The van der Waals surface area contributed by atoms with E-state index in [1.807, 2.05) is 12.3 Å². The van der Waals surface area contributed by atoms with Gasteiger partial charge in [-0.05, 0) is 56.6 Å². The van der Waals surface area contributed by atoms with Gasteiger partial charge in [-0.2, -0.15) is 0 Å². The third-order valence-electron chi connectivity index (χ3n) is 4.55. The van der Waals surface area contributed by atoms with Crippen molar-refractivity contribution >= 4 is 14.1 Å². The van der Waals surface area contributed by atoms with E-state index in [9.17, 15) is 4.79 Å². The van der Waals surface area contributed by atoms with Crippen LogP contribution in [0.15, 0.2) is 30.2 Å². The monoisotopic (exact) mass is 335 g/mol. The van der Waals surface area contributed by atoms with Crippen LogP contribution in [0.1, 0.15) is 47.5 Å². The van der Waals surface area contributed by atoms with Gasteiger partial charge in [0, 0.05) is 25.7 Å². The fraction of sp³-hybridized carbons (Fsp3) is 0.684. The standard InChI is InChI=1S/C19H33NO2Si/c1-18(2,3)23(6,7)22-19(4,5)13-9-8-10-14-20-15-11-17(21)12-16-20/h8,11,13,15H,10,12,14,16H2,1-7H3. The molecule has 0 saturated carbocycles. The van der Waals surface area contributed by atoms with E-state index in [1.54, 1.807) is 6.08 Å². The number of hydrogen-bond acceptors (Lipinski definition) is 3. The number of allylic oxidation sites excluding steroid dienone is 1. The van der Waals surface area contributed by atoms with Gasteiger partial charge in [0.05, 0.1) is 5.60 Å². The normalized spacial score (nSPS) is 16.3. The highest BCUT2D eigenvalue weighted by molar-refractivity contribution is 6.74. The third kappa shape index (κ3) is 6.90. The predicted molar refractivity (Wildman–Crippen MR) is 100.0 cm³/mol. The molecule has 0 atom stereocenters. The van der Waals surface area contributed by atoms with Gasteiger partial charge >= 0.3 is 0 Å². The second kappa shape index (κ2) is 7.65. The lowest BCUT2D eigenvalue weighted by Crippen LogP contribution is -2.46. The molecule has 4 heteroatoms. The van der Waals surface area contributed by atoms with Gasteiger partial charge in [-0.15, -0.1) is 5.73 Å². The van der Waals surface area contributed by atoms with E-state index in [2.05, 4.69) is 64.4 Å². The first-order valence-corrected chi connectivity index (χ1v) is 11.4. The zero-order valence-electron chi connectivity index (χ0n) is 15.9. The highest BCUT2D eigenvalue weighted by Gasteiger charge is 2.40. The Balaban J connectivity index is 2.51. The molecule has 0 N–H and O–H groups in total. The lowest BCUT2D eigenvalue weighted by atomic mass is 10.1. The Morgan fingerprint density at radius 2 is 1.96 bits per heavy atom. The van der Waals surface area contributed by atoms with Crippen molar-refractivity contribution in [3.8, 4) is 0 Å². The first-order valence-electron chi connectivity index (χ1n) is 8.50. The lowest BCUT2D eigenvalue weighted by Gasteiger charge is -2.41. The Bertz CT molecular complexity index is 506. The van der Waals surface area contributed by atoms with Crippen molar-refractivity contribution in [3.63, 3.8) is 0 Å². The van der Waals surface area contributed by atoms with Gasteiger partial charge in [-0.1, -0.05) is 20.8 Å². The summed E-state index contributed by atoms with van der Waals surface area (Å²) in [6.45, 7) is 17.3. The summed E-state index contributed by atoms with van der Waals surface area (Å²) in [5.74, 6) is 0.223. The highest BCUT2D eigenvalue weighted by Crippen LogP contribution is 2.39. The van der Waals surface area contributed by atoms with E-state index in [1.165, 1.54) is 0 Å². The van der Waals surface area contributed by atoms with Crippen molar-refractivity contribution in [2.24, 2.45) is 0 Å². The van der Waals surface area contributed by atoms with Crippen LogP contribution in [0.4, 0.5) is 0 Å². The number of hydrogen-bond donors (Lipinski definition) is 0. The Morgan fingerprint density at radius 3 is 2.48 bits per heavy atom. The molecule has 0 aliphatic carbocycles. The maximum Gasteiger partial charge on any atom is 0.193 e. The van der Waals surface area contributed by atoms with E-state index < -0.39 is 8.32 Å². The molecule has 0 spiro atoms. The maximum atomic E-state index is 11.1. The largest absolute Gasteiger partial charge is 0.408 e. The van der Waals surface area contributed by atoms with Crippen molar-refractivity contribution in [2.45, 2.75) is 71.2 Å². The van der Waals surface area contributed by atoms with Crippen LogP contribution in [-0.2, 0) is 9.22 Å². The van der Waals surface area contributed by atoms with E-state index in [4.69, 9.17) is 4.43 Å². The van der Waals surface area contributed by atoms with Gasteiger partial charge in [-0.3, -0.25) is 4.79 Å². The summed E-state index contributed by atoms with van der Waals surface area (Å²) in [6.07, 6.45) is 9.20. The third-order valence-corrected chi connectivity index (χ3v) is 9.20. The number of carbonyl (C=O) groups is 1. The Morgan fingerprint density at radius 1 is 1.30 bits per heavy atom. The van der Waals surface area contributed by atoms with Gasteiger partial charge < -0.3 is 9.33 Å². The first kappa shape index (κ1) is 20.0. The summed E-state index contributed by atoms with van der Waals surface area (Å²) in [6, 6.07) is 0.